The number of nitrogens with zero attached hydrogens (tertiary/aromatic N) is 3. The number of hydrogen-bond donors (Lipinski definition) is 1. The van der Waals surface area contributed by atoms with Gasteiger partial charge in [0.05, 0.1) is 5.39 Å². The molecule has 0 amide bonds. The Hall–Kier alpha value is -2.50. The third-order valence-corrected chi connectivity index (χ3v) is 6.19. The van der Waals surface area contributed by atoms with E-state index in [1.807, 2.05) is 30.3 Å². The van der Waals surface area contributed by atoms with Crippen molar-refractivity contribution >= 4 is 39.3 Å². The van der Waals surface area contributed by atoms with E-state index >= 15 is 0 Å². The molecule has 6 heteroatoms. The second kappa shape index (κ2) is 7.15. The summed E-state index contributed by atoms with van der Waals surface area (Å²) >= 11 is 6.30. The Morgan fingerprint density at radius 2 is 1.96 bits per heavy atom. The lowest BCUT2D eigenvalue weighted by Crippen LogP contribution is -2.43. The lowest BCUT2D eigenvalue weighted by molar-refractivity contribution is 0.201. The van der Waals surface area contributed by atoms with E-state index in [0.717, 1.165) is 65.2 Å². The number of piperidine rings is 1. The highest BCUT2D eigenvalue weighted by Crippen LogP contribution is 2.29. The van der Waals surface area contributed by atoms with Crippen LogP contribution in [0.3, 0.4) is 0 Å². The van der Waals surface area contributed by atoms with Crippen LogP contribution in [0, 0.1) is 0 Å². The van der Waals surface area contributed by atoms with Crippen molar-refractivity contribution in [2.75, 3.05) is 25.0 Å². The molecule has 3 heterocycles. The summed E-state index contributed by atoms with van der Waals surface area (Å²) in [4.78, 5) is 8.29. The summed E-state index contributed by atoms with van der Waals surface area (Å²) in [7, 11) is 2.13. The monoisotopic (exact) mass is 394 g/mol. The van der Waals surface area contributed by atoms with Crippen LogP contribution in [0.4, 0.5) is 5.82 Å². The second-order valence-corrected chi connectivity index (χ2v) is 8.02. The zero-order valence-corrected chi connectivity index (χ0v) is 16.6. The molecule has 1 N–H and O–H groups in total. The van der Waals surface area contributed by atoms with Gasteiger partial charge in [0, 0.05) is 54.3 Å². The lowest BCUT2D eigenvalue weighted by atomic mass is 10.0. The van der Waals surface area contributed by atoms with Gasteiger partial charge in [-0.05, 0) is 43.2 Å². The Morgan fingerprint density at radius 1 is 1.14 bits per heavy atom. The number of nitrogens with one attached hydrogen (secondary N) is 1. The minimum Gasteiger partial charge on any atom is -0.357 e. The molecule has 28 heavy (non-hydrogen) atoms. The third kappa shape index (κ3) is 3.15. The molecule has 4 aromatic rings. The van der Waals surface area contributed by atoms with Crippen LogP contribution in [0.1, 0.15) is 18.5 Å². The van der Waals surface area contributed by atoms with Crippen LogP contribution in [-0.4, -0.2) is 41.2 Å². The fourth-order valence-corrected chi connectivity index (χ4v) is 4.50. The van der Waals surface area contributed by atoms with E-state index in [1.165, 1.54) is 5.69 Å². The van der Waals surface area contributed by atoms with Crippen molar-refractivity contribution in [1.29, 1.82) is 0 Å². The van der Waals surface area contributed by atoms with Gasteiger partial charge in [-0.15, -0.1) is 0 Å². The average molecular weight is 395 g/mol. The first-order chi connectivity index (χ1) is 13.7. The maximum absolute atomic E-state index is 6.30. The van der Waals surface area contributed by atoms with Crippen molar-refractivity contribution in [2.45, 2.75) is 25.4 Å². The first kappa shape index (κ1) is 17.6. The number of H-pyrrole nitrogens is 1. The number of hydrogen-bond acceptors (Lipinski definition) is 4. The van der Waals surface area contributed by atoms with Crippen LogP contribution < -0.4 is 4.90 Å². The van der Waals surface area contributed by atoms with Crippen LogP contribution in [0.15, 0.2) is 53.1 Å². The zero-order chi connectivity index (χ0) is 19.1. The van der Waals surface area contributed by atoms with E-state index in [-0.39, 0.29) is 0 Å². The number of aromatic amines is 1. The minimum atomic E-state index is 0.474. The first-order valence-electron chi connectivity index (χ1n) is 9.75. The highest BCUT2D eigenvalue weighted by atomic mass is 35.5. The van der Waals surface area contributed by atoms with Crippen molar-refractivity contribution in [1.82, 2.24) is 15.0 Å². The van der Waals surface area contributed by atoms with Crippen LogP contribution >= 0.6 is 11.6 Å². The fraction of sp³-hybridized carbons (Fsp3) is 0.318. The summed E-state index contributed by atoms with van der Waals surface area (Å²) in [6.07, 6.45) is 2.22. The molecule has 5 rings (SSSR count). The molecule has 1 saturated heterocycles. The Kier molecular flexibility index (Phi) is 4.49. The number of benzene rings is 2. The topological polar surface area (TPSA) is 48.3 Å². The molecule has 5 nitrogen and oxygen atoms in total. The molecule has 1 fully saturated rings. The van der Waals surface area contributed by atoms with Gasteiger partial charge in [-0.3, -0.25) is 4.90 Å². The molecular formula is C22H23ClN4O. The predicted octanol–water partition coefficient (Wildman–Crippen LogP) is 5.06. The van der Waals surface area contributed by atoms with E-state index in [1.54, 1.807) is 0 Å². The molecule has 0 atom stereocenters. The quantitative estimate of drug-likeness (QED) is 0.525. The SMILES string of the molecule is CN(c1noc2ccccc12)C1CCN(Cc2cc3c(Cl)cccc3[nH]2)CC1. The van der Waals surface area contributed by atoms with E-state index in [0.29, 0.717) is 6.04 Å². The van der Waals surface area contributed by atoms with Crippen LogP contribution in [0.2, 0.25) is 5.02 Å². The van der Waals surface area contributed by atoms with Crippen molar-refractivity contribution in [2.24, 2.45) is 0 Å². The standard InChI is InChI=1S/C22H23ClN4O/c1-26(22-17-5-2-3-8-21(17)28-25-22)16-9-11-27(12-10-16)14-15-13-18-19(23)6-4-7-20(18)24-15/h2-8,13,16,24H,9-12,14H2,1H3. The Morgan fingerprint density at radius 3 is 2.79 bits per heavy atom. The van der Waals surface area contributed by atoms with Gasteiger partial charge < -0.3 is 14.4 Å². The number of fused-ring (bicyclic) bond motifs is 2. The van der Waals surface area contributed by atoms with Gasteiger partial charge in [-0.1, -0.05) is 35.0 Å². The Labute approximate surface area is 168 Å². The van der Waals surface area contributed by atoms with E-state index in [4.69, 9.17) is 16.1 Å². The minimum absolute atomic E-state index is 0.474. The summed E-state index contributed by atoms with van der Waals surface area (Å²) in [6, 6.07) is 16.7. The Balaban J connectivity index is 1.25. The summed E-state index contributed by atoms with van der Waals surface area (Å²) in [5, 5.41) is 7.30. The summed E-state index contributed by atoms with van der Waals surface area (Å²) in [5.74, 6) is 0.944. The molecule has 0 spiro atoms. The molecular weight excluding hydrogens is 372 g/mol. The maximum atomic E-state index is 6.30. The van der Waals surface area contributed by atoms with Crippen LogP contribution in [-0.2, 0) is 6.54 Å². The first-order valence-corrected chi connectivity index (χ1v) is 10.1. The van der Waals surface area contributed by atoms with E-state index in [9.17, 15) is 0 Å². The van der Waals surface area contributed by atoms with E-state index in [2.05, 4.69) is 45.2 Å². The molecule has 0 unspecified atom stereocenters. The number of para-hydroxylation sites is 1. The number of likely N-dealkylation sites (tertiary alicyclic amines) is 1. The predicted molar refractivity (Wildman–Crippen MR) is 114 cm³/mol. The van der Waals surface area contributed by atoms with Gasteiger partial charge in [-0.2, -0.15) is 0 Å². The zero-order valence-electron chi connectivity index (χ0n) is 15.9. The average Bonchev–Trinajstić information content (AvgIpc) is 3.33. The van der Waals surface area contributed by atoms with Crippen molar-refractivity contribution in [3.63, 3.8) is 0 Å². The summed E-state index contributed by atoms with van der Waals surface area (Å²) in [6.45, 7) is 3.05. The molecule has 0 bridgehead atoms. The van der Waals surface area contributed by atoms with Crippen LogP contribution in [0.5, 0.6) is 0 Å². The van der Waals surface area contributed by atoms with Gasteiger partial charge in [0.2, 0.25) is 0 Å². The fourth-order valence-electron chi connectivity index (χ4n) is 4.27. The van der Waals surface area contributed by atoms with Gasteiger partial charge in [0.1, 0.15) is 0 Å². The maximum Gasteiger partial charge on any atom is 0.179 e. The highest BCUT2D eigenvalue weighted by molar-refractivity contribution is 6.35. The molecule has 0 saturated carbocycles. The van der Waals surface area contributed by atoms with E-state index < -0.39 is 0 Å². The number of aromatic nitrogens is 2. The molecule has 2 aromatic heterocycles. The van der Waals surface area contributed by atoms with Gasteiger partial charge in [-0.25, -0.2) is 0 Å². The van der Waals surface area contributed by atoms with Crippen molar-refractivity contribution < 1.29 is 4.52 Å². The van der Waals surface area contributed by atoms with Crippen molar-refractivity contribution in [3.8, 4) is 0 Å². The second-order valence-electron chi connectivity index (χ2n) is 7.62. The molecule has 144 valence electrons. The smallest absolute Gasteiger partial charge is 0.179 e. The largest absolute Gasteiger partial charge is 0.357 e. The van der Waals surface area contributed by atoms with Crippen LogP contribution in [0.25, 0.3) is 21.9 Å². The number of anilines is 1. The molecule has 1 aliphatic rings. The third-order valence-electron chi connectivity index (χ3n) is 5.86. The number of rotatable bonds is 4. The molecule has 2 aromatic carbocycles. The summed E-state index contributed by atoms with van der Waals surface area (Å²) in [5.41, 5.74) is 3.17. The summed E-state index contributed by atoms with van der Waals surface area (Å²) < 4.78 is 5.48. The molecule has 1 aliphatic heterocycles. The Bertz CT molecular complexity index is 1110. The van der Waals surface area contributed by atoms with Gasteiger partial charge in [0.15, 0.2) is 11.4 Å². The molecule has 0 radical (unpaired) electrons. The lowest BCUT2D eigenvalue weighted by Gasteiger charge is -2.36. The normalized spacial score (nSPS) is 16.2. The molecule has 0 aliphatic carbocycles. The van der Waals surface area contributed by atoms with Crippen molar-refractivity contribution in [3.05, 3.63) is 59.2 Å². The highest BCUT2D eigenvalue weighted by Gasteiger charge is 2.25. The van der Waals surface area contributed by atoms with Gasteiger partial charge in [0.25, 0.3) is 0 Å². The number of halogens is 1. The van der Waals surface area contributed by atoms with Gasteiger partial charge >= 0.3 is 0 Å².